The molecule has 0 radical (unpaired) electrons. The predicted molar refractivity (Wildman–Crippen MR) is 75.6 cm³/mol. The lowest BCUT2D eigenvalue weighted by molar-refractivity contribution is -0.185. The van der Waals surface area contributed by atoms with Crippen LogP contribution in [0.15, 0.2) is 18.2 Å². The van der Waals surface area contributed by atoms with Gasteiger partial charge in [-0.2, -0.15) is 0 Å². The van der Waals surface area contributed by atoms with Crippen LogP contribution < -0.4 is 0 Å². The molecular formula is C14H17Cl2NO2. The van der Waals surface area contributed by atoms with Crippen LogP contribution in [-0.2, 0) is 16.0 Å². The highest BCUT2D eigenvalue weighted by molar-refractivity contribution is 6.42. The number of ether oxygens (including phenoxy) is 2. The maximum Gasteiger partial charge on any atom is 0.170 e. The maximum atomic E-state index is 6.04. The number of rotatable bonds is 2. The van der Waals surface area contributed by atoms with Crippen molar-refractivity contribution in [3.63, 3.8) is 0 Å². The summed E-state index contributed by atoms with van der Waals surface area (Å²) in [6.45, 7) is 4.33. The minimum absolute atomic E-state index is 0.297. The number of likely N-dealkylation sites (tertiary alicyclic amines) is 1. The third kappa shape index (κ3) is 3.06. The van der Waals surface area contributed by atoms with Gasteiger partial charge < -0.3 is 9.47 Å². The zero-order valence-electron chi connectivity index (χ0n) is 10.7. The van der Waals surface area contributed by atoms with Gasteiger partial charge in [0, 0.05) is 32.5 Å². The summed E-state index contributed by atoms with van der Waals surface area (Å²) in [5, 5.41) is 1.23. The summed E-state index contributed by atoms with van der Waals surface area (Å²) in [5.74, 6) is -0.297. The summed E-state index contributed by atoms with van der Waals surface area (Å²) in [6, 6.07) is 5.83. The van der Waals surface area contributed by atoms with E-state index in [0.717, 1.165) is 45.7 Å². The van der Waals surface area contributed by atoms with E-state index in [2.05, 4.69) is 4.90 Å². The fourth-order valence-electron chi connectivity index (χ4n) is 2.73. The molecule has 0 atom stereocenters. The number of halogens is 2. The SMILES string of the molecule is Clc1ccc(CN2CCC3(CC2)OCCO3)cc1Cl. The monoisotopic (exact) mass is 301 g/mol. The van der Waals surface area contributed by atoms with Crippen molar-refractivity contribution in [1.29, 1.82) is 0 Å². The third-order valence-electron chi connectivity index (χ3n) is 3.82. The molecule has 1 spiro atoms. The fourth-order valence-corrected chi connectivity index (χ4v) is 3.05. The molecular weight excluding hydrogens is 285 g/mol. The van der Waals surface area contributed by atoms with Crippen molar-refractivity contribution in [3.8, 4) is 0 Å². The van der Waals surface area contributed by atoms with Gasteiger partial charge in [0.1, 0.15) is 0 Å². The Kier molecular flexibility index (Phi) is 4.01. The summed E-state index contributed by atoms with van der Waals surface area (Å²) < 4.78 is 11.5. The standard InChI is InChI=1S/C14H17Cl2NO2/c15-12-2-1-11(9-13(12)16)10-17-5-3-14(4-6-17)18-7-8-19-14/h1-2,9H,3-8,10H2. The topological polar surface area (TPSA) is 21.7 Å². The molecule has 104 valence electrons. The van der Waals surface area contributed by atoms with E-state index in [1.165, 1.54) is 5.56 Å². The van der Waals surface area contributed by atoms with Gasteiger partial charge in [0.05, 0.1) is 23.3 Å². The molecule has 1 aromatic rings. The Morgan fingerprint density at radius 1 is 1.05 bits per heavy atom. The van der Waals surface area contributed by atoms with Crippen LogP contribution in [0, 0.1) is 0 Å². The summed E-state index contributed by atoms with van der Waals surface area (Å²) in [6.07, 6.45) is 1.88. The predicted octanol–water partition coefficient (Wildman–Crippen LogP) is 3.33. The van der Waals surface area contributed by atoms with Crippen molar-refractivity contribution in [2.45, 2.75) is 25.2 Å². The van der Waals surface area contributed by atoms with Crippen LogP contribution in [0.5, 0.6) is 0 Å². The molecule has 0 bridgehead atoms. The van der Waals surface area contributed by atoms with Gasteiger partial charge in [-0.3, -0.25) is 4.90 Å². The first-order valence-electron chi connectivity index (χ1n) is 6.61. The van der Waals surface area contributed by atoms with Crippen molar-refractivity contribution >= 4 is 23.2 Å². The largest absolute Gasteiger partial charge is 0.347 e. The molecule has 0 aromatic heterocycles. The molecule has 1 aromatic carbocycles. The molecule has 0 unspecified atom stereocenters. The molecule has 3 nitrogen and oxygen atoms in total. The number of piperidine rings is 1. The van der Waals surface area contributed by atoms with E-state index >= 15 is 0 Å². The van der Waals surface area contributed by atoms with E-state index in [1.807, 2.05) is 18.2 Å². The zero-order chi connectivity index (χ0) is 13.3. The number of hydrogen-bond donors (Lipinski definition) is 0. The molecule has 2 aliphatic rings. The molecule has 0 aliphatic carbocycles. The molecule has 3 rings (SSSR count). The van der Waals surface area contributed by atoms with Gasteiger partial charge >= 0.3 is 0 Å². The van der Waals surface area contributed by atoms with Gasteiger partial charge in [-0.05, 0) is 17.7 Å². The fraction of sp³-hybridized carbons (Fsp3) is 0.571. The van der Waals surface area contributed by atoms with E-state index in [4.69, 9.17) is 32.7 Å². The summed E-state index contributed by atoms with van der Waals surface area (Å²) >= 11 is 12.0. The Hall–Kier alpha value is -0.320. The van der Waals surface area contributed by atoms with E-state index in [-0.39, 0.29) is 5.79 Å². The highest BCUT2D eigenvalue weighted by atomic mass is 35.5. The maximum absolute atomic E-state index is 6.04. The molecule has 0 amide bonds. The minimum Gasteiger partial charge on any atom is -0.347 e. The first kappa shape index (κ1) is 13.7. The Balaban J connectivity index is 1.58. The highest BCUT2D eigenvalue weighted by Gasteiger charge is 2.39. The molecule has 5 heteroatoms. The molecule has 0 saturated carbocycles. The normalized spacial score (nSPS) is 23.1. The first-order chi connectivity index (χ1) is 9.17. The average molecular weight is 302 g/mol. The van der Waals surface area contributed by atoms with Crippen LogP contribution in [-0.4, -0.2) is 37.0 Å². The average Bonchev–Trinajstić information content (AvgIpc) is 2.86. The highest BCUT2D eigenvalue weighted by Crippen LogP contribution is 2.32. The molecule has 2 heterocycles. The second-order valence-corrected chi connectivity index (χ2v) is 5.95. The molecule has 0 N–H and O–H groups in total. The minimum atomic E-state index is -0.297. The lowest BCUT2D eigenvalue weighted by atomic mass is 10.0. The Labute approximate surface area is 123 Å². The summed E-state index contributed by atoms with van der Waals surface area (Å²) in [4.78, 5) is 2.40. The van der Waals surface area contributed by atoms with Crippen LogP contribution in [0.4, 0.5) is 0 Å². The Morgan fingerprint density at radius 2 is 1.74 bits per heavy atom. The molecule has 2 fully saturated rings. The van der Waals surface area contributed by atoms with E-state index in [9.17, 15) is 0 Å². The van der Waals surface area contributed by atoms with Crippen LogP contribution in [0.2, 0.25) is 10.0 Å². The van der Waals surface area contributed by atoms with Crippen molar-refractivity contribution < 1.29 is 9.47 Å². The van der Waals surface area contributed by atoms with Crippen LogP contribution in [0.1, 0.15) is 18.4 Å². The van der Waals surface area contributed by atoms with Crippen molar-refractivity contribution in [2.75, 3.05) is 26.3 Å². The summed E-state index contributed by atoms with van der Waals surface area (Å²) in [5.41, 5.74) is 1.19. The van der Waals surface area contributed by atoms with E-state index in [1.54, 1.807) is 0 Å². The van der Waals surface area contributed by atoms with Gasteiger partial charge in [-0.25, -0.2) is 0 Å². The zero-order valence-corrected chi connectivity index (χ0v) is 12.2. The molecule has 2 aliphatic heterocycles. The lowest BCUT2D eigenvalue weighted by Gasteiger charge is -2.37. The van der Waals surface area contributed by atoms with Crippen molar-refractivity contribution in [3.05, 3.63) is 33.8 Å². The number of hydrogen-bond acceptors (Lipinski definition) is 3. The van der Waals surface area contributed by atoms with Crippen molar-refractivity contribution in [2.24, 2.45) is 0 Å². The smallest absolute Gasteiger partial charge is 0.170 e. The first-order valence-corrected chi connectivity index (χ1v) is 7.37. The van der Waals surface area contributed by atoms with Gasteiger partial charge in [-0.1, -0.05) is 29.3 Å². The Morgan fingerprint density at radius 3 is 2.37 bits per heavy atom. The van der Waals surface area contributed by atoms with Crippen LogP contribution >= 0.6 is 23.2 Å². The molecule has 2 saturated heterocycles. The van der Waals surface area contributed by atoms with Gasteiger partial charge in [0.15, 0.2) is 5.79 Å². The van der Waals surface area contributed by atoms with E-state index in [0.29, 0.717) is 10.0 Å². The number of benzene rings is 1. The second kappa shape index (κ2) is 5.58. The van der Waals surface area contributed by atoms with Gasteiger partial charge in [0.25, 0.3) is 0 Å². The van der Waals surface area contributed by atoms with Crippen LogP contribution in [0.25, 0.3) is 0 Å². The lowest BCUT2D eigenvalue weighted by Crippen LogP contribution is -2.44. The van der Waals surface area contributed by atoms with Gasteiger partial charge in [-0.15, -0.1) is 0 Å². The molecule has 19 heavy (non-hydrogen) atoms. The third-order valence-corrected chi connectivity index (χ3v) is 4.56. The summed E-state index contributed by atoms with van der Waals surface area (Å²) in [7, 11) is 0. The second-order valence-electron chi connectivity index (χ2n) is 5.13. The number of nitrogens with zero attached hydrogens (tertiary/aromatic N) is 1. The van der Waals surface area contributed by atoms with Crippen molar-refractivity contribution in [1.82, 2.24) is 4.90 Å². The van der Waals surface area contributed by atoms with E-state index < -0.39 is 0 Å². The van der Waals surface area contributed by atoms with Crippen LogP contribution in [0.3, 0.4) is 0 Å². The Bertz CT molecular complexity index is 451. The quantitative estimate of drug-likeness (QED) is 0.836. The van der Waals surface area contributed by atoms with Gasteiger partial charge in [0.2, 0.25) is 0 Å².